The molecule has 2 aromatic heterocycles. The van der Waals surface area contributed by atoms with E-state index in [-0.39, 0.29) is 33.6 Å². The van der Waals surface area contributed by atoms with E-state index < -0.39 is 23.5 Å². The normalized spacial score (nSPS) is 15.0. The third-order valence-corrected chi connectivity index (χ3v) is 5.83. The number of carbonyl (C=O) groups excluding carboxylic acids is 1. The minimum atomic E-state index is -4.44. The summed E-state index contributed by atoms with van der Waals surface area (Å²) >= 11 is 6.12. The van der Waals surface area contributed by atoms with Gasteiger partial charge < -0.3 is 14.7 Å². The molecule has 1 N–H and O–H groups in total. The van der Waals surface area contributed by atoms with E-state index in [4.69, 9.17) is 16.1 Å². The van der Waals surface area contributed by atoms with E-state index in [0.29, 0.717) is 31.7 Å². The summed E-state index contributed by atoms with van der Waals surface area (Å²) in [6.07, 6.45) is -2.52. The van der Waals surface area contributed by atoms with Crippen LogP contribution in [-0.2, 0) is 6.18 Å². The first-order valence-corrected chi connectivity index (χ1v) is 10.5. The lowest BCUT2D eigenvalue weighted by Crippen LogP contribution is -2.45. The largest absolute Gasteiger partial charge is 0.417 e. The molecule has 0 radical (unpaired) electrons. The van der Waals surface area contributed by atoms with Crippen molar-refractivity contribution < 1.29 is 26.9 Å². The highest BCUT2D eigenvalue weighted by Gasteiger charge is 2.32. The van der Waals surface area contributed by atoms with E-state index in [0.717, 1.165) is 12.3 Å². The Morgan fingerprint density at radius 2 is 1.94 bits per heavy atom. The van der Waals surface area contributed by atoms with Crippen molar-refractivity contribution in [2.24, 2.45) is 0 Å². The van der Waals surface area contributed by atoms with Gasteiger partial charge in [0, 0.05) is 25.3 Å². The third-order valence-electron chi connectivity index (χ3n) is 5.52. The van der Waals surface area contributed by atoms with Crippen molar-refractivity contribution in [3.63, 3.8) is 0 Å². The van der Waals surface area contributed by atoms with Crippen LogP contribution in [0.2, 0.25) is 5.02 Å². The molecule has 33 heavy (non-hydrogen) atoms. The average molecular weight is 483 g/mol. The Kier molecular flexibility index (Phi) is 6.29. The van der Waals surface area contributed by atoms with E-state index in [1.54, 1.807) is 6.92 Å². The molecule has 4 rings (SSSR count). The molecule has 1 aromatic carbocycles. The van der Waals surface area contributed by atoms with Gasteiger partial charge in [0.2, 0.25) is 0 Å². The summed E-state index contributed by atoms with van der Waals surface area (Å²) in [7, 11) is 0. The molecule has 0 atom stereocenters. The number of halogens is 5. The topological polar surface area (TPSA) is 71.3 Å². The lowest BCUT2D eigenvalue weighted by Gasteiger charge is -2.33. The zero-order valence-electron chi connectivity index (χ0n) is 17.4. The number of hydrogen-bond acceptors (Lipinski definition) is 5. The number of hydrogen-bond donors (Lipinski definition) is 1. The number of carbonyl (C=O) groups is 1. The summed E-state index contributed by atoms with van der Waals surface area (Å²) in [5.41, 5.74) is -0.680. The molecule has 1 saturated heterocycles. The van der Waals surface area contributed by atoms with Crippen molar-refractivity contribution in [3.05, 3.63) is 64.3 Å². The van der Waals surface area contributed by atoms with Gasteiger partial charge in [-0.1, -0.05) is 22.8 Å². The molecule has 1 amide bonds. The van der Waals surface area contributed by atoms with Crippen molar-refractivity contribution in [1.29, 1.82) is 0 Å². The SMILES string of the molecule is Cc1onc(-c2c(F)cccc2Cl)c1C(=O)NC1CCN(c2ccc(C(F)(F)F)cn2)CC1. The lowest BCUT2D eigenvalue weighted by molar-refractivity contribution is -0.137. The molecule has 1 aliphatic rings. The molecule has 3 aromatic rings. The summed E-state index contributed by atoms with van der Waals surface area (Å²) in [4.78, 5) is 18.8. The summed E-state index contributed by atoms with van der Waals surface area (Å²) in [5.74, 6) is -0.413. The minimum Gasteiger partial charge on any atom is -0.360 e. The van der Waals surface area contributed by atoms with Gasteiger partial charge in [-0.3, -0.25) is 4.79 Å². The summed E-state index contributed by atoms with van der Waals surface area (Å²) < 4.78 is 57.7. The molecular formula is C22H19ClF4N4O2. The highest BCUT2D eigenvalue weighted by atomic mass is 35.5. The number of piperidine rings is 1. The Bertz CT molecular complexity index is 1140. The Balaban J connectivity index is 1.43. The second-order valence-corrected chi connectivity index (χ2v) is 8.10. The second kappa shape index (κ2) is 9.01. The van der Waals surface area contributed by atoms with Gasteiger partial charge in [0.1, 0.15) is 28.7 Å². The maximum atomic E-state index is 14.4. The number of alkyl halides is 3. The number of aryl methyl sites for hydroxylation is 1. The fourth-order valence-electron chi connectivity index (χ4n) is 3.79. The van der Waals surface area contributed by atoms with Gasteiger partial charge in [-0.05, 0) is 44.0 Å². The van der Waals surface area contributed by atoms with Crippen LogP contribution >= 0.6 is 11.6 Å². The highest BCUT2D eigenvalue weighted by molar-refractivity contribution is 6.33. The predicted octanol–water partition coefficient (Wildman–Crippen LogP) is 5.26. The Morgan fingerprint density at radius 3 is 2.55 bits per heavy atom. The van der Waals surface area contributed by atoms with Gasteiger partial charge in [-0.25, -0.2) is 9.37 Å². The van der Waals surface area contributed by atoms with Gasteiger partial charge in [0.15, 0.2) is 0 Å². The zero-order valence-corrected chi connectivity index (χ0v) is 18.2. The Labute approximate surface area is 191 Å². The van der Waals surface area contributed by atoms with Crippen LogP contribution in [-0.4, -0.2) is 35.2 Å². The molecule has 6 nitrogen and oxygen atoms in total. The first-order valence-electron chi connectivity index (χ1n) is 10.1. The van der Waals surface area contributed by atoms with Crippen LogP contribution < -0.4 is 10.2 Å². The van der Waals surface area contributed by atoms with Crippen LogP contribution in [0, 0.1) is 12.7 Å². The number of nitrogens with one attached hydrogen (secondary N) is 1. The second-order valence-electron chi connectivity index (χ2n) is 7.70. The van der Waals surface area contributed by atoms with Crippen LogP contribution in [0.15, 0.2) is 41.1 Å². The van der Waals surface area contributed by atoms with Gasteiger partial charge in [0.25, 0.3) is 5.91 Å². The van der Waals surface area contributed by atoms with E-state index in [2.05, 4.69) is 15.5 Å². The maximum Gasteiger partial charge on any atom is 0.417 e. The number of amides is 1. The number of anilines is 1. The fraction of sp³-hybridized carbons (Fsp3) is 0.318. The van der Waals surface area contributed by atoms with E-state index >= 15 is 0 Å². The monoisotopic (exact) mass is 482 g/mol. The molecule has 0 aliphatic carbocycles. The first-order chi connectivity index (χ1) is 15.6. The van der Waals surface area contributed by atoms with Crippen LogP contribution in [0.3, 0.4) is 0 Å². The molecule has 0 unspecified atom stereocenters. The van der Waals surface area contributed by atoms with Crippen molar-refractivity contribution >= 4 is 23.3 Å². The lowest BCUT2D eigenvalue weighted by atomic mass is 10.0. The first kappa shape index (κ1) is 23.0. The standard InChI is InChI=1S/C22H19ClF4N4O2/c1-12-18(20(30-33-12)19-15(23)3-2-4-16(19)24)21(32)29-14-7-9-31(10-8-14)17-6-5-13(11-28-17)22(25,26)27/h2-6,11,14H,7-10H2,1H3,(H,29,32). The fourth-order valence-corrected chi connectivity index (χ4v) is 4.04. The molecule has 1 fully saturated rings. The van der Waals surface area contributed by atoms with Gasteiger partial charge in [0.05, 0.1) is 16.1 Å². The number of aromatic nitrogens is 2. The molecule has 0 saturated carbocycles. The molecule has 1 aliphatic heterocycles. The van der Waals surface area contributed by atoms with E-state index in [1.165, 1.54) is 24.3 Å². The molecule has 0 bridgehead atoms. The van der Waals surface area contributed by atoms with Crippen LogP contribution in [0.1, 0.15) is 34.5 Å². The maximum absolute atomic E-state index is 14.4. The molecular weight excluding hydrogens is 464 g/mol. The smallest absolute Gasteiger partial charge is 0.360 e. The van der Waals surface area contributed by atoms with Gasteiger partial charge in [-0.15, -0.1) is 0 Å². The molecule has 174 valence electrons. The number of rotatable bonds is 4. The molecule has 11 heteroatoms. The summed E-state index contributed by atoms with van der Waals surface area (Å²) in [5, 5.41) is 6.86. The highest BCUT2D eigenvalue weighted by Crippen LogP contribution is 2.34. The predicted molar refractivity (Wildman–Crippen MR) is 114 cm³/mol. The Hall–Kier alpha value is -3.14. The quantitative estimate of drug-likeness (QED) is 0.514. The molecule has 0 spiro atoms. The van der Waals surface area contributed by atoms with Gasteiger partial charge in [-0.2, -0.15) is 13.2 Å². The number of nitrogens with zero attached hydrogens (tertiary/aromatic N) is 3. The number of pyridine rings is 1. The third kappa shape index (κ3) is 4.80. The van der Waals surface area contributed by atoms with Crippen LogP contribution in [0.4, 0.5) is 23.4 Å². The number of benzene rings is 1. The minimum absolute atomic E-state index is 0.00985. The van der Waals surface area contributed by atoms with Crippen molar-refractivity contribution in [2.45, 2.75) is 32.0 Å². The van der Waals surface area contributed by atoms with Crippen LogP contribution in [0.5, 0.6) is 0 Å². The van der Waals surface area contributed by atoms with Crippen LogP contribution in [0.25, 0.3) is 11.3 Å². The summed E-state index contributed by atoms with van der Waals surface area (Å²) in [6.45, 7) is 2.55. The van der Waals surface area contributed by atoms with Crippen molar-refractivity contribution in [1.82, 2.24) is 15.5 Å². The van der Waals surface area contributed by atoms with Gasteiger partial charge >= 0.3 is 6.18 Å². The zero-order chi connectivity index (χ0) is 23.8. The molecule has 3 heterocycles. The van der Waals surface area contributed by atoms with Crippen molar-refractivity contribution in [3.8, 4) is 11.3 Å². The average Bonchev–Trinajstić information content (AvgIpc) is 3.15. The summed E-state index contributed by atoms with van der Waals surface area (Å²) in [6, 6.07) is 6.32. The van der Waals surface area contributed by atoms with E-state index in [9.17, 15) is 22.4 Å². The van der Waals surface area contributed by atoms with E-state index in [1.807, 2.05) is 4.90 Å². The van der Waals surface area contributed by atoms with Crippen molar-refractivity contribution in [2.75, 3.05) is 18.0 Å². The Morgan fingerprint density at radius 1 is 1.21 bits per heavy atom.